The predicted molar refractivity (Wildman–Crippen MR) is 81.5 cm³/mol. The second-order valence-electron chi connectivity index (χ2n) is 5.42. The van der Waals surface area contributed by atoms with E-state index in [1.54, 1.807) is 6.07 Å². The molecule has 2 atom stereocenters. The monoisotopic (exact) mass is 331 g/mol. The molecule has 5 nitrogen and oxygen atoms in total. The van der Waals surface area contributed by atoms with E-state index in [-0.39, 0.29) is 22.7 Å². The van der Waals surface area contributed by atoms with Crippen LogP contribution in [0.2, 0.25) is 0 Å². The number of ether oxygens (including phenoxy) is 1. The molecule has 1 aliphatic carbocycles. The molecule has 1 aliphatic rings. The van der Waals surface area contributed by atoms with Gasteiger partial charge >= 0.3 is 5.97 Å². The third-order valence-electron chi connectivity index (χ3n) is 3.88. The number of hydrogen-bond acceptors (Lipinski definition) is 5. The standard InChI is InChI=1S/C14H21NO4S2/c1-2-10-5-3-4-6-12(10)19-13(16)9-11-7-8-14(20-11)21(15,17)18/h7-8,10,12H,2-6,9H2,1H3,(H2,15,17,18). The maximum atomic E-state index is 12.0. The maximum absolute atomic E-state index is 12.0. The Bertz CT molecular complexity index is 594. The zero-order valence-corrected chi connectivity index (χ0v) is 13.7. The zero-order valence-electron chi connectivity index (χ0n) is 12.1. The Hall–Kier alpha value is -0.920. The minimum absolute atomic E-state index is 0.00826. The Labute approximate surface area is 129 Å². The van der Waals surface area contributed by atoms with E-state index < -0.39 is 10.0 Å². The number of carbonyl (C=O) groups excluding carboxylic acids is 1. The van der Waals surface area contributed by atoms with Crippen molar-refractivity contribution in [2.45, 2.75) is 55.8 Å². The second-order valence-corrected chi connectivity index (χ2v) is 8.38. The number of nitrogens with two attached hydrogens (primary N) is 1. The van der Waals surface area contributed by atoms with E-state index in [1.807, 2.05) is 0 Å². The summed E-state index contributed by atoms with van der Waals surface area (Å²) >= 11 is 1.02. The molecule has 0 saturated heterocycles. The van der Waals surface area contributed by atoms with Gasteiger partial charge in [-0.25, -0.2) is 13.6 Å². The largest absolute Gasteiger partial charge is 0.462 e. The second kappa shape index (κ2) is 6.89. The van der Waals surface area contributed by atoms with Crippen LogP contribution in [0.15, 0.2) is 16.3 Å². The average molecular weight is 331 g/mol. The molecule has 118 valence electrons. The van der Waals surface area contributed by atoms with E-state index in [9.17, 15) is 13.2 Å². The average Bonchev–Trinajstić information content (AvgIpc) is 2.87. The summed E-state index contributed by atoms with van der Waals surface area (Å²) < 4.78 is 28.1. The molecule has 1 saturated carbocycles. The van der Waals surface area contributed by atoms with Gasteiger partial charge in [-0.15, -0.1) is 11.3 Å². The minimum Gasteiger partial charge on any atom is -0.462 e. The van der Waals surface area contributed by atoms with Gasteiger partial charge in [-0.05, 0) is 43.7 Å². The van der Waals surface area contributed by atoms with Crippen LogP contribution >= 0.6 is 11.3 Å². The molecule has 0 amide bonds. The lowest BCUT2D eigenvalue weighted by Crippen LogP contribution is -2.30. The first-order valence-electron chi connectivity index (χ1n) is 7.21. The molecular weight excluding hydrogens is 310 g/mol. The van der Waals surface area contributed by atoms with Crippen LogP contribution in [0.4, 0.5) is 0 Å². The van der Waals surface area contributed by atoms with Crippen LogP contribution in [0.25, 0.3) is 0 Å². The third kappa shape index (κ3) is 4.52. The molecule has 0 bridgehead atoms. The van der Waals surface area contributed by atoms with Crippen molar-refractivity contribution in [3.8, 4) is 0 Å². The van der Waals surface area contributed by atoms with Crippen molar-refractivity contribution in [3.63, 3.8) is 0 Å². The van der Waals surface area contributed by atoms with Crippen LogP contribution in [0.5, 0.6) is 0 Å². The van der Waals surface area contributed by atoms with Crippen molar-refractivity contribution in [1.29, 1.82) is 0 Å². The first-order chi connectivity index (χ1) is 9.90. The molecule has 1 heterocycles. The summed E-state index contributed by atoms with van der Waals surface area (Å²) in [5.74, 6) is 0.161. The Morgan fingerprint density at radius 1 is 1.38 bits per heavy atom. The number of rotatable bonds is 5. The summed E-state index contributed by atoms with van der Waals surface area (Å²) in [4.78, 5) is 12.7. The molecule has 1 aromatic rings. The van der Waals surface area contributed by atoms with E-state index >= 15 is 0 Å². The normalized spacial score (nSPS) is 23.0. The summed E-state index contributed by atoms with van der Waals surface area (Å²) in [6.07, 6.45) is 5.48. The minimum atomic E-state index is -3.69. The van der Waals surface area contributed by atoms with Crippen LogP contribution in [0.3, 0.4) is 0 Å². The first-order valence-corrected chi connectivity index (χ1v) is 9.57. The van der Waals surface area contributed by atoms with Gasteiger partial charge in [0, 0.05) is 4.88 Å². The van der Waals surface area contributed by atoms with Crippen molar-refractivity contribution >= 4 is 27.3 Å². The van der Waals surface area contributed by atoms with E-state index in [1.165, 1.54) is 12.5 Å². The van der Waals surface area contributed by atoms with Crippen molar-refractivity contribution in [3.05, 3.63) is 17.0 Å². The van der Waals surface area contributed by atoms with Crippen LogP contribution < -0.4 is 5.14 Å². The lowest BCUT2D eigenvalue weighted by atomic mass is 9.85. The first kappa shape index (κ1) is 16.5. The third-order valence-corrected chi connectivity index (χ3v) is 6.41. The molecule has 0 aliphatic heterocycles. The van der Waals surface area contributed by atoms with Gasteiger partial charge in [-0.2, -0.15) is 0 Å². The fraction of sp³-hybridized carbons (Fsp3) is 0.643. The number of hydrogen-bond donors (Lipinski definition) is 1. The highest BCUT2D eigenvalue weighted by Gasteiger charge is 2.27. The van der Waals surface area contributed by atoms with Crippen LogP contribution in [-0.4, -0.2) is 20.5 Å². The van der Waals surface area contributed by atoms with E-state index in [2.05, 4.69) is 6.92 Å². The number of primary sulfonamides is 1. The fourth-order valence-electron chi connectivity index (χ4n) is 2.75. The molecule has 0 aromatic carbocycles. The molecule has 1 fully saturated rings. The fourth-order valence-corrected chi connectivity index (χ4v) is 4.52. The number of sulfonamides is 1. The van der Waals surface area contributed by atoms with Gasteiger partial charge in [0.2, 0.25) is 10.0 Å². The number of esters is 1. The highest BCUT2D eigenvalue weighted by molar-refractivity contribution is 7.91. The lowest BCUT2D eigenvalue weighted by molar-refractivity contribution is -0.152. The van der Waals surface area contributed by atoms with Crippen molar-refractivity contribution < 1.29 is 17.9 Å². The number of thiophene rings is 1. The topological polar surface area (TPSA) is 86.5 Å². The highest BCUT2D eigenvalue weighted by Crippen LogP contribution is 2.29. The quantitative estimate of drug-likeness (QED) is 0.840. The predicted octanol–water partition coefficient (Wildman–Crippen LogP) is 2.45. The van der Waals surface area contributed by atoms with Gasteiger partial charge < -0.3 is 4.74 Å². The van der Waals surface area contributed by atoms with E-state index in [0.29, 0.717) is 10.8 Å². The molecular formula is C14H21NO4S2. The Morgan fingerprint density at radius 3 is 2.71 bits per heavy atom. The summed E-state index contributed by atoms with van der Waals surface area (Å²) in [7, 11) is -3.69. The molecule has 2 unspecified atom stereocenters. The van der Waals surface area contributed by atoms with Gasteiger partial charge in [0.05, 0.1) is 6.42 Å². The Balaban J connectivity index is 1.93. The zero-order chi connectivity index (χ0) is 15.5. The van der Waals surface area contributed by atoms with Crippen LogP contribution in [-0.2, 0) is 26.0 Å². The molecule has 2 N–H and O–H groups in total. The number of carbonyl (C=O) groups is 1. The Kier molecular flexibility index (Phi) is 5.40. The SMILES string of the molecule is CCC1CCCCC1OC(=O)Cc1ccc(S(N)(=O)=O)s1. The van der Waals surface area contributed by atoms with Gasteiger partial charge in [0.1, 0.15) is 10.3 Å². The summed E-state index contributed by atoms with van der Waals surface area (Å²) in [5, 5.41) is 5.05. The Morgan fingerprint density at radius 2 is 2.10 bits per heavy atom. The summed E-state index contributed by atoms with van der Waals surface area (Å²) in [5.41, 5.74) is 0. The van der Waals surface area contributed by atoms with Crippen molar-refractivity contribution in [2.75, 3.05) is 0 Å². The van der Waals surface area contributed by atoms with Gasteiger partial charge in [0.15, 0.2) is 0 Å². The van der Waals surface area contributed by atoms with E-state index in [4.69, 9.17) is 9.88 Å². The molecule has 21 heavy (non-hydrogen) atoms. The van der Waals surface area contributed by atoms with E-state index in [0.717, 1.165) is 37.0 Å². The van der Waals surface area contributed by atoms with Crippen molar-refractivity contribution in [2.24, 2.45) is 11.1 Å². The van der Waals surface area contributed by atoms with Gasteiger partial charge in [-0.1, -0.05) is 13.3 Å². The molecule has 7 heteroatoms. The highest BCUT2D eigenvalue weighted by atomic mass is 32.2. The summed E-state index contributed by atoms with van der Waals surface area (Å²) in [6, 6.07) is 3.04. The van der Waals surface area contributed by atoms with Gasteiger partial charge in [0.25, 0.3) is 0 Å². The van der Waals surface area contributed by atoms with Gasteiger partial charge in [-0.3, -0.25) is 4.79 Å². The van der Waals surface area contributed by atoms with Crippen LogP contribution in [0, 0.1) is 5.92 Å². The molecule has 2 rings (SSSR count). The molecule has 1 aromatic heterocycles. The van der Waals surface area contributed by atoms with Crippen LogP contribution in [0.1, 0.15) is 43.9 Å². The van der Waals surface area contributed by atoms with Crippen molar-refractivity contribution in [1.82, 2.24) is 0 Å². The maximum Gasteiger partial charge on any atom is 0.311 e. The lowest BCUT2D eigenvalue weighted by Gasteiger charge is -2.30. The molecule has 0 spiro atoms. The smallest absolute Gasteiger partial charge is 0.311 e. The summed E-state index contributed by atoms with van der Waals surface area (Å²) in [6.45, 7) is 2.12. The molecule has 0 radical (unpaired) electrons.